The normalized spacial score (nSPS) is 12.7. The first-order valence-electron chi connectivity index (χ1n) is 6.56. The van der Waals surface area contributed by atoms with Crippen molar-refractivity contribution >= 4 is 21.7 Å². The highest BCUT2D eigenvalue weighted by Gasteiger charge is 2.20. The van der Waals surface area contributed by atoms with E-state index in [9.17, 15) is 18.3 Å². The molecule has 3 N–H and O–H groups in total. The summed E-state index contributed by atoms with van der Waals surface area (Å²) in [6.45, 7) is 7.52. The van der Waals surface area contributed by atoms with Crippen LogP contribution in [-0.2, 0) is 10.0 Å². The summed E-state index contributed by atoms with van der Waals surface area (Å²) in [6.07, 6.45) is 2.23. The van der Waals surface area contributed by atoms with Gasteiger partial charge in [-0.1, -0.05) is 13.0 Å². The molecular weight excluding hydrogens is 292 g/mol. The van der Waals surface area contributed by atoms with Gasteiger partial charge in [-0.05, 0) is 31.5 Å². The molecule has 116 valence electrons. The van der Waals surface area contributed by atoms with Crippen LogP contribution in [0.5, 0.6) is 0 Å². The van der Waals surface area contributed by atoms with Crippen molar-refractivity contribution in [3.63, 3.8) is 0 Å². The minimum Gasteiger partial charge on any atom is -0.478 e. The van der Waals surface area contributed by atoms with Gasteiger partial charge in [0.05, 0.1) is 10.5 Å². The first-order valence-corrected chi connectivity index (χ1v) is 8.04. The van der Waals surface area contributed by atoms with Crippen LogP contribution in [0.1, 0.15) is 30.6 Å². The molecule has 0 radical (unpaired) electrons. The van der Waals surface area contributed by atoms with Gasteiger partial charge in [0.1, 0.15) is 0 Å². The number of aromatic carboxylic acids is 1. The van der Waals surface area contributed by atoms with E-state index in [4.69, 9.17) is 0 Å². The molecule has 21 heavy (non-hydrogen) atoms. The number of hydrogen-bond donors (Lipinski definition) is 3. The Kier molecular flexibility index (Phi) is 5.92. The van der Waals surface area contributed by atoms with E-state index < -0.39 is 16.0 Å². The fraction of sp³-hybridized carbons (Fsp3) is 0.357. The number of benzene rings is 1. The Labute approximate surface area is 124 Å². The van der Waals surface area contributed by atoms with Gasteiger partial charge < -0.3 is 10.4 Å². The van der Waals surface area contributed by atoms with Gasteiger partial charge >= 0.3 is 5.97 Å². The van der Waals surface area contributed by atoms with E-state index in [1.165, 1.54) is 12.1 Å². The van der Waals surface area contributed by atoms with E-state index in [1.54, 1.807) is 13.0 Å². The Morgan fingerprint density at radius 2 is 2.14 bits per heavy atom. The highest BCUT2D eigenvalue weighted by Crippen LogP contribution is 2.21. The molecule has 0 amide bonds. The maximum absolute atomic E-state index is 12.2. The molecule has 0 spiro atoms. The number of carboxylic acids is 1. The van der Waals surface area contributed by atoms with Gasteiger partial charge in [0.25, 0.3) is 0 Å². The van der Waals surface area contributed by atoms with Crippen LogP contribution in [0.25, 0.3) is 0 Å². The van der Waals surface area contributed by atoms with Crippen LogP contribution in [0, 0.1) is 0 Å². The monoisotopic (exact) mass is 312 g/mol. The first kappa shape index (κ1) is 17.2. The van der Waals surface area contributed by atoms with Gasteiger partial charge in [-0.25, -0.2) is 17.9 Å². The minimum atomic E-state index is -3.73. The summed E-state index contributed by atoms with van der Waals surface area (Å²) in [6, 6.07) is 3.75. The second kappa shape index (κ2) is 7.24. The summed E-state index contributed by atoms with van der Waals surface area (Å²) in [7, 11) is -3.73. The highest BCUT2D eigenvalue weighted by atomic mass is 32.2. The summed E-state index contributed by atoms with van der Waals surface area (Å²) >= 11 is 0. The zero-order valence-electron chi connectivity index (χ0n) is 12.1. The Morgan fingerprint density at radius 1 is 1.48 bits per heavy atom. The van der Waals surface area contributed by atoms with Crippen LogP contribution in [0.15, 0.2) is 35.7 Å². The molecule has 6 nitrogen and oxygen atoms in total. The molecule has 0 bridgehead atoms. The van der Waals surface area contributed by atoms with Gasteiger partial charge in [-0.15, -0.1) is 6.58 Å². The molecule has 0 saturated heterocycles. The van der Waals surface area contributed by atoms with E-state index in [-0.39, 0.29) is 16.5 Å². The smallest absolute Gasteiger partial charge is 0.337 e. The molecule has 0 saturated carbocycles. The fourth-order valence-corrected chi connectivity index (χ4v) is 2.97. The zero-order valence-corrected chi connectivity index (χ0v) is 12.9. The van der Waals surface area contributed by atoms with Crippen molar-refractivity contribution in [1.82, 2.24) is 4.72 Å². The van der Waals surface area contributed by atoms with Crippen LogP contribution in [-0.4, -0.2) is 32.1 Å². The van der Waals surface area contributed by atoms with E-state index in [0.29, 0.717) is 18.7 Å². The van der Waals surface area contributed by atoms with Crippen molar-refractivity contribution in [2.24, 2.45) is 0 Å². The molecule has 0 aliphatic carbocycles. The minimum absolute atomic E-state index is 0.0654. The second-order valence-electron chi connectivity index (χ2n) is 4.61. The summed E-state index contributed by atoms with van der Waals surface area (Å²) in [5.74, 6) is -1.19. The van der Waals surface area contributed by atoms with Gasteiger partial charge in [0.15, 0.2) is 0 Å². The van der Waals surface area contributed by atoms with Gasteiger partial charge in [0.2, 0.25) is 10.0 Å². The van der Waals surface area contributed by atoms with Crippen molar-refractivity contribution in [2.45, 2.75) is 31.2 Å². The van der Waals surface area contributed by atoms with Crippen molar-refractivity contribution in [3.05, 3.63) is 36.4 Å². The predicted octanol–water partition coefficient (Wildman–Crippen LogP) is 2.06. The van der Waals surface area contributed by atoms with E-state index in [2.05, 4.69) is 16.6 Å². The average molecular weight is 312 g/mol. The number of rotatable bonds is 8. The molecular formula is C14H20N2O4S. The lowest BCUT2D eigenvalue weighted by Gasteiger charge is -2.14. The standard InChI is InChI=1S/C14H20N2O4S/c1-4-8-15-13-7-6-11(9-12(13)14(17)18)21(19,20)16-10(3)5-2/h4,6-7,9-10,15-16H,1,5,8H2,2-3H3,(H,17,18)/t10-/m1/s1. The fourth-order valence-electron chi connectivity index (χ4n) is 1.62. The molecule has 1 rings (SSSR count). The number of hydrogen-bond acceptors (Lipinski definition) is 4. The zero-order chi connectivity index (χ0) is 16.0. The van der Waals surface area contributed by atoms with Crippen molar-refractivity contribution in [2.75, 3.05) is 11.9 Å². The maximum atomic E-state index is 12.2. The van der Waals surface area contributed by atoms with Crippen LogP contribution >= 0.6 is 0 Å². The average Bonchev–Trinajstić information content (AvgIpc) is 2.44. The lowest BCUT2D eigenvalue weighted by molar-refractivity contribution is 0.0697. The van der Waals surface area contributed by atoms with E-state index in [1.807, 2.05) is 6.92 Å². The molecule has 0 fully saturated rings. The van der Waals surface area contributed by atoms with E-state index >= 15 is 0 Å². The Morgan fingerprint density at radius 3 is 2.67 bits per heavy atom. The third kappa shape index (κ3) is 4.57. The molecule has 0 aliphatic heterocycles. The lowest BCUT2D eigenvalue weighted by Crippen LogP contribution is -2.32. The number of anilines is 1. The first-order chi connectivity index (χ1) is 9.81. The Hall–Kier alpha value is -1.86. The van der Waals surface area contributed by atoms with Crippen LogP contribution in [0.3, 0.4) is 0 Å². The third-order valence-electron chi connectivity index (χ3n) is 2.94. The number of carboxylic acid groups (broad SMARTS) is 1. The SMILES string of the molecule is C=CCNc1ccc(S(=O)(=O)N[C@H](C)CC)cc1C(=O)O. The summed E-state index contributed by atoms with van der Waals surface area (Å²) in [5, 5.41) is 12.1. The number of carbonyl (C=O) groups is 1. The van der Waals surface area contributed by atoms with Crippen molar-refractivity contribution in [1.29, 1.82) is 0 Å². The Bertz CT molecular complexity index is 626. The Balaban J connectivity index is 3.19. The van der Waals surface area contributed by atoms with Crippen molar-refractivity contribution < 1.29 is 18.3 Å². The molecule has 1 atom stereocenters. The molecule has 1 aromatic carbocycles. The van der Waals surface area contributed by atoms with E-state index in [0.717, 1.165) is 6.07 Å². The van der Waals surface area contributed by atoms with Crippen LogP contribution in [0.4, 0.5) is 5.69 Å². The number of sulfonamides is 1. The van der Waals surface area contributed by atoms with Gasteiger partial charge in [-0.2, -0.15) is 0 Å². The van der Waals surface area contributed by atoms with Crippen LogP contribution < -0.4 is 10.0 Å². The molecule has 1 aromatic rings. The van der Waals surface area contributed by atoms with Gasteiger partial charge in [-0.3, -0.25) is 0 Å². The summed E-state index contributed by atoms with van der Waals surface area (Å²) in [4.78, 5) is 11.2. The maximum Gasteiger partial charge on any atom is 0.337 e. The third-order valence-corrected chi connectivity index (χ3v) is 4.52. The molecule has 0 aliphatic rings. The summed E-state index contributed by atoms with van der Waals surface area (Å²) < 4.78 is 26.8. The topological polar surface area (TPSA) is 95.5 Å². The predicted molar refractivity (Wildman–Crippen MR) is 82.2 cm³/mol. The van der Waals surface area contributed by atoms with Crippen molar-refractivity contribution in [3.8, 4) is 0 Å². The second-order valence-corrected chi connectivity index (χ2v) is 6.33. The molecule has 0 unspecified atom stereocenters. The molecule has 7 heteroatoms. The number of nitrogens with one attached hydrogen (secondary N) is 2. The largest absolute Gasteiger partial charge is 0.478 e. The summed E-state index contributed by atoms with van der Waals surface area (Å²) in [5.41, 5.74) is 0.258. The quantitative estimate of drug-likeness (QED) is 0.639. The van der Waals surface area contributed by atoms with Crippen LogP contribution in [0.2, 0.25) is 0 Å². The molecule has 0 aromatic heterocycles. The van der Waals surface area contributed by atoms with Gasteiger partial charge in [0, 0.05) is 18.3 Å². The lowest BCUT2D eigenvalue weighted by atomic mass is 10.2. The highest BCUT2D eigenvalue weighted by molar-refractivity contribution is 7.89. The molecule has 0 heterocycles.